The molecule has 0 spiro atoms. The Labute approximate surface area is 207 Å². The highest BCUT2D eigenvalue weighted by atomic mass is 19.4. The second-order valence-corrected chi connectivity index (χ2v) is 7.97. The Morgan fingerprint density at radius 2 is 1.73 bits per heavy atom. The van der Waals surface area contributed by atoms with Crippen LogP contribution in [0.25, 0.3) is 0 Å². The van der Waals surface area contributed by atoms with E-state index in [1.807, 2.05) is 23.9 Å². The Morgan fingerprint density at radius 3 is 2.19 bits per heavy atom. The lowest BCUT2D eigenvalue weighted by Gasteiger charge is -2.31. The van der Waals surface area contributed by atoms with Crippen LogP contribution in [0.2, 0.25) is 0 Å². The Balaban J connectivity index is 0.000000404. The molecule has 1 aliphatic rings. The van der Waals surface area contributed by atoms with Gasteiger partial charge in [0.15, 0.2) is 0 Å². The first-order valence-corrected chi connectivity index (χ1v) is 10.5. The van der Waals surface area contributed by atoms with Crippen LogP contribution in [0.5, 0.6) is 0 Å². The monoisotopic (exact) mass is 547 g/mol. The number of likely N-dealkylation sites (N-methyl/N-ethyl adjacent to an activating group) is 1. The number of nitrogens with zero attached hydrogens (tertiary/aromatic N) is 5. The van der Waals surface area contributed by atoms with Crippen molar-refractivity contribution in [2.24, 2.45) is 7.05 Å². The van der Waals surface area contributed by atoms with Gasteiger partial charge in [0.05, 0.1) is 31.7 Å². The molecule has 2 aromatic rings. The lowest BCUT2D eigenvalue weighted by molar-refractivity contribution is -0.193. The first-order valence-electron chi connectivity index (χ1n) is 10.5. The maximum absolute atomic E-state index is 10.6. The number of aryl methyl sites for hydroxylation is 1. The van der Waals surface area contributed by atoms with Crippen molar-refractivity contribution >= 4 is 11.9 Å². The standard InChI is InChI=1S/C16H25N5O2.2C2HF3O2/c1-19(2)6-8-22-12-13-9-21(10-14-5-4-7-23-14)11-15-16(13)20(3)18-17-15;2*3-2(4,5)1(6)7/h4-5,7,13H,6,8-12H2,1-3H3;2*(H,6,7). The number of hydrogen-bond donors (Lipinski definition) is 2. The number of carbonyl (C=O) groups is 2. The van der Waals surface area contributed by atoms with E-state index in [4.69, 9.17) is 29.0 Å². The van der Waals surface area contributed by atoms with E-state index in [1.165, 1.54) is 5.69 Å². The zero-order valence-electron chi connectivity index (χ0n) is 20.1. The molecule has 0 radical (unpaired) electrons. The molecule has 2 aromatic heterocycles. The molecule has 0 amide bonds. The van der Waals surface area contributed by atoms with Gasteiger partial charge in [0.2, 0.25) is 0 Å². The number of alkyl halides is 6. The zero-order chi connectivity index (χ0) is 28.4. The Morgan fingerprint density at radius 1 is 1.16 bits per heavy atom. The van der Waals surface area contributed by atoms with Gasteiger partial charge in [-0.25, -0.2) is 9.59 Å². The number of carboxylic acid groups (broad SMARTS) is 2. The maximum atomic E-state index is 10.6. The molecule has 1 atom stereocenters. The average Bonchev–Trinajstić information content (AvgIpc) is 3.40. The molecule has 3 rings (SSSR count). The molecule has 0 aromatic carbocycles. The van der Waals surface area contributed by atoms with Crippen molar-refractivity contribution in [2.75, 3.05) is 40.4 Å². The summed E-state index contributed by atoms with van der Waals surface area (Å²) in [6, 6.07) is 3.93. The zero-order valence-corrected chi connectivity index (χ0v) is 20.1. The third-order valence-electron chi connectivity index (χ3n) is 4.63. The maximum Gasteiger partial charge on any atom is 0.490 e. The lowest BCUT2D eigenvalue weighted by atomic mass is 9.99. The van der Waals surface area contributed by atoms with Crippen LogP contribution in [-0.2, 0) is 34.5 Å². The van der Waals surface area contributed by atoms with E-state index in [1.54, 1.807) is 6.26 Å². The summed E-state index contributed by atoms with van der Waals surface area (Å²) in [5, 5.41) is 22.8. The topological polar surface area (TPSA) is 134 Å². The fraction of sp³-hybridized carbons (Fsp3) is 0.600. The molecule has 210 valence electrons. The first kappa shape index (κ1) is 31.8. The van der Waals surface area contributed by atoms with Crippen LogP contribution in [0.4, 0.5) is 26.3 Å². The smallest absolute Gasteiger partial charge is 0.475 e. The Kier molecular flexibility index (Phi) is 12.0. The number of halogens is 6. The van der Waals surface area contributed by atoms with Crippen molar-refractivity contribution in [3.05, 3.63) is 35.5 Å². The van der Waals surface area contributed by atoms with Gasteiger partial charge in [0, 0.05) is 32.6 Å². The van der Waals surface area contributed by atoms with Crippen molar-refractivity contribution in [3.8, 4) is 0 Å². The first-order chi connectivity index (χ1) is 17.0. The molecule has 11 nitrogen and oxygen atoms in total. The highest BCUT2D eigenvalue weighted by Crippen LogP contribution is 2.28. The van der Waals surface area contributed by atoms with E-state index in [-0.39, 0.29) is 5.92 Å². The second-order valence-electron chi connectivity index (χ2n) is 7.97. The number of carboxylic acids is 2. The normalized spacial score (nSPS) is 15.8. The third kappa shape index (κ3) is 11.6. The fourth-order valence-corrected chi connectivity index (χ4v) is 3.04. The van der Waals surface area contributed by atoms with Crippen LogP contribution < -0.4 is 0 Å². The van der Waals surface area contributed by atoms with E-state index in [0.717, 1.165) is 44.2 Å². The predicted octanol–water partition coefficient (Wildman–Crippen LogP) is 2.35. The minimum absolute atomic E-state index is 0.288. The van der Waals surface area contributed by atoms with Gasteiger partial charge >= 0.3 is 24.3 Å². The molecule has 3 heterocycles. The number of aromatic nitrogens is 3. The third-order valence-corrected chi connectivity index (χ3v) is 4.63. The summed E-state index contributed by atoms with van der Waals surface area (Å²) in [7, 11) is 6.07. The number of hydrogen-bond acceptors (Lipinski definition) is 8. The van der Waals surface area contributed by atoms with Gasteiger partial charge in [0.1, 0.15) is 11.5 Å². The number of fused-ring (bicyclic) bond motifs is 1. The molecule has 0 saturated heterocycles. The molecule has 0 bridgehead atoms. The number of rotatable bonds is 7. The van der Waals surface area contributed by atoms with Gasteiger partial charge < -0.3 is 24.3 Å². The molecular formula is C20H27F6N5O6. The number of ether oxygens (including phenoxy) is 1. The largest absolute Gasteiger partial charge is 0.490 e. The predicted molar refractivity (Wildman–Crippen MR) is 113 cm³/mol. The minimum Gasteiger partial charge on any atom is -0.475 e. The average molecular weight is 547 g/mol. The second kappa shape index (κ2) is 13.9. The molecule has 1 unspecified atom stereocenters. The van der Waals surface area contributed by atoms with E-state index in [0.29, 0.717) is 6.61 Å². The van der Waals surface area contributed by atoms with Crippen LogP contribution in [0.3, 0.4) is 0 Å². The van der Waals surface area contributed by atoms with Crippen molar-refractivity contribution in [1.29, 1.82) is 0 Å². The van der Waals surface area contributed by atoms with Crippen molar-refractivity contribution in [2.45, 2.75) is 31.4 Å². The molecule has 17 heteroatoms. The summed E-state index contributed by atoms with van der Waals surface area (Å²) in [4.78, 5) is 22.3. The molecule has 0 aliphatic carbocycles. The van der Waals surface area contributed by atoms with Crippen LogP contribution in [0, 0.1) is 0 Å². The summed E-state index contributed by atoms with van der Waals surface area (Å²) < 4.78 is 76.7. The molecule has 0 saturated carbocycles. The SMILES string of the molecule is CN(C)CCOCC1CN(Cc2ccco2)Cc2nnn(C)c21.O=C(O)C(F)(F)F.O=C(O)C(F)(F)F. The minimum atomic E-state index is -5.08. The van der Waals surface area contributed by atoms with Crippen molar-refractivity contribution < 1.29 is 55.3 Å². The summed E-state index contributed by atoms with van der Waals surface area (Å²) >= 11 is 0. The Hall–Kier alpha value is -3.18. The van der Waals surface area contributed by atoms with Crippen LogP contribution in [-0.4, -0.2) is 99.7 Å². The van der Waals surface area contributed by atoms with E-state index in [9.17, 15) is 26.3 Å². The van der Waals surface area contributed by atoms with E-state index < -0.39 is 24.3 Å². The number of aliphatic carboxylic acids is 2. The number of furan rings is 1. The summed E-state index contributed by atoms with van der Waals surface area (Å²) in [5.41, 5.74) is 2.25. The van der Waals surface area contributed by atoms with Gasteiger partial charge in [-0.2, -0.15) is 26.3 Å². The van der Waals surface area contributed by atoms with Gasteiger partial charge in [-0.05, 0) is 26.2 Å². The fourth-order valence-electron chi connectivity index (χ4n) is 3.04. The van der Waals surface area contributed by atoms with Crippen LogP contribution in [0.1, 0.15) is 23.1 Å². The molecule has 37 heavy (non-hydrogen) atoms. The van der Waals surface area contributed by atoms with Crippen molar-refractivity contribution in [3.63, 3.8) is 0 Å². The van der Waals surface area contributed by atoms with Gasteiger partial charge in [-0.1, -0.05) is 5.21 Å². The van der Waals surface area contributed by atoms with Crippen molar-refractivity contribution in [1.82, 2.24) is 24.8 Å². The molecule has 0 fully saturated rings. The Bertz CT molecular complexity index is 954. The van der Waals surface area contributed by atoms with Gasteiger partial charge in [-0.15, -0.1) is 5.10 Å². The molecular weight excluding hydrogens is 520 g/mol. The van der Waals surface area contributed by atoms with E-state index in [2.05, 4.69) is 34.2 Å². The summed E-state index contributed by atoms with van der Waals surface area (Å²) in [5.74, 6) is -4.25. The van der Waals surface area contributed by atoms with E-state index >= 15 is 0 Å². The van der Waals surface area contributed by atoms with Crippen LogP contribution in [0.15, 0.2) is 22.8 Å². The highest BCUT2D eigenvalue weighted by molar-refractivity contribution is 5.73. The molecule has 2 N–H and O–H groups in total. The van der Waals surface area contributed by atoms with Gasteiger partial charge in [0.25, 0.3) is 0 Å². The molecule has 1 aliphatic heterocycles. The summed E-state index contributed by atoms with van der Waals surface area (Å²) in [6.45, 7) is 4.88. The quantitative estimate of drug-likeness (QED) is 0.393. The van der Waals surface area contributed by atoms with Crippen LogP contribution >= 0.6 is 0 Å². The summed E-state index contributed by atoms with van der Waals surface area (Å²) in [6.07, 6.45) is -8.45. The lowest BCUT2D eigenvalue weighted by Crippen LogP contribution is -2.36. The van der Waals surface area contributed by atoms with Gasteiger partial charge in [-0.3, -0.25) is 9.58 Å². The highest BCUT2D eigenvalue weighted by Gasteiger charge is 2.39.